The molecule has 0 aromatic carbocycles. The molecule has 396 valence electrons. The molecule has 0 spiro atoms. The van der Waals surface area contributed by atoms with Crippen molar-refractivity contribution in [3.8, 4) is 0 Å². The lowest BCUT2D eigenvalue weighted by Gasteiger charge is -2.18. The van der Waals surface area contributed by atoms with Crippen molar-refractivity contribution in [3.63, 3.8) is 0 Å². The Morgan fingerprint density at radius 3 is 0.746 bits per heavy atom. The van der Waals surface area contributed by atoms with Crippen molar-refractivity contribution in [2.75, 3.05) is 13.2 Å². The Labute approximate surface area is 418 Å². The molecule has 0 radical (unpaired) electrons. The molecule has 0 heterocycles. The topological polar surface area (TPSA) is 78.9 Å². The third-order valence-electron chi connectivity index (χ3n) is 13.8. The number of carbonyl (C=O) groups excluding carboxylic acids is 3. The van der Waals surface area contributed by atoms with Crippen molar-refractivity contribution in [3.05, 3.63) is 12.2 Å². The van der Waals surface area contributed by atoms with E-state index in [1.807, 2.05) is 0 Å². The first kappa shape index (κ1) is 65.1. The van der Waals surface area contributed by atoms with Gasteiger partial charge in [-0.25, -0.2) is 0 Å². The molecule has 0 saturated carbocycles. The van der Waals surface area contributed by atoms with Gasteiger partial charge in [0.25, 0.3) is 0 Å². The van der Waals surface area contributed by atoms with E-state index in [1.54, 1.807) is 0 Å². The van der Waals surface area contributed by atoms with Crippen LogP contribution in [0.1, 0.15) is 342 Å². The summed E-state index contributed by atoms with van der Waals surface area (Å²) in [6, 6.07) is 0. The van der Waals surface area contributed by atoms with Crippen LogP contribution in [-0.4, -0.2) is 37.2 Å². The predicted molar refractivity (Wildman–Crippen MR) is 289 cm³/mol. The van der Waals surface area contributed by atoms with Crippen LogP contribution in [0.3, 0.4) is 0 Å². The highest BCUT2D eigenvalue weighted by molar-refractivity contribution is 5.71. The van der Waals surface area contributed by atoms with Crippen molar-refractivity contribution in [2.24, 2.45) is 0 Å². The molecule has 0 saturated heterocycles. The first-order chi connectivity index (χ1) is 33.0. The number of hydrogen-bond acceptors (Lipinski definition) is 6. The molecule has 0 amide bonds. The van der Waals surface area contributed by atoms with E-state index in [1.165, 1.54) is 244 Å². The maximum Gasteiger partial charge on any atom is 0.306 e. The van der Waals surface area contributed by atoms with Gasteiger partial charge in [-0.1, -0.05) is 290 Å². The van der Waals surface area contributed by atoms with Gasteiger partial charge in [-0.2, -0.15) is 0 Å². The van der Waals surface area contributed by atoms with Gasteiger partial charge in [-0.05, 0) is 44.9 Å². The number of rotatable bonds is 56. The second kappa shape index (κ2) is 56.7. The first-order valence-electron chi connectivity index (χ1n) is 30.2. The fourth-order valence-corrected chi connectivity index (χ4v) is 9.21. The number of carbonyl (C=O) groups is 3. The maximum atomic E-state index is 12.8. The molecule has 0 aliphatic heterocycles. The molecular weight excluding hydrogens is 829 g/mol. The van der Waals surface area contributed by atoms with Crippen LogP contribution >= 0.6 is 0 Å². The summed E-state index contributed by atoms with van der Waals surface area (Å²) >= 11 is 0. The Balaban J connectivity index is 4.21. The fourth-order valence-electron chi connectivity index (χ4n) is 9.21. The third-order valence-corrected chi connectivity index (χ3v) is 13.8. The molecule has 0 aliphatic rings. The molecule has 0 aromatic rings. The van der Waals surface area contributed by atoms with Crippen LogP contribution < -0.4 is 0 Å². The van der Waals surface area contributed by atoms with Gasteiger partial charge in [0.05, 0.1) is 0 Å². The second-order valence-electron chi connectivity index (χ2n) is 20.6. The van der Waals surface area contributed by atoms with Crippen LogP contribution in [0, 0.1) is 0 Å². The fraction of sp³-hybridized carbons (Fsp3) is 0.918. The van der Waals surface area contributed by atoms with Crippen LogP contribution in [-0.2, 0) is 28.6 Å². The van der Waals surface area contributed by atoms with E-state index in [4.69, 9.17) is 14.2 Å². The van der Waals surface area contributed by atoms with Crippen LogP contribution in [0.5, 0.6) is 0 Å². The molecule has 1 unspecified atom stereocenters. The minimum absolute atomic E-state index is 0.0640. The molecule has 0 N–H and O–H groups in total. The van der Waals surface area contributed by atoms with Crippen molar-refractivity contribution in [2.45, 2.75) is 348 Å². The van der Waals surface area contributed by atoms with Gasteiger partial charge in [-0.15, -0.1) is 0 Å². The highest BCUT2D eigenvalue weighted by Gasteiger charge is 2.19. The Hall–Kier alpha value is -1.85. The highest BCUT2D eigenvalue weighted by atomic mass is 16.6. The summed E-state index contributed by atoms with van der Waals surface area (Å²) in [7, 11) is 0. The molecule has 67 heavy (non-hydrogen) atoms. The average molecular weight is 946 g/mol. The normalized spacial score (nSPS) is 12.0. The summed E-state index contributed by atoms with van der Waals surface area (Å²) in [6.45, 7) is 6.69. The molecule has 0 bridgehead atoms. The van der Waals surface area contributed by atoms with Crippen molar-refractivity contribution < 1.29 is 28.6 Å². The van der Waals surface area contributed by atoms with Crippen LogP contribution in [0.2, 0.25) is 0 Å². The van der Waals surface area contributed by atoms with E-state index in [9.17, 15) is 14.4 Å². The van der Waals surface area contributed by atoms with Crippen LogP contribution in [0.4, 0.5) is 0 Å². The Morgan fingerprint density at radius 2 is 0.493 bits per heavy atom. The summed E-state index contributed by atoms with van der Waals surface area (Å²) in [6.07, 6.45) is 65.0. The molecular formula is C61H116O6. The zero-order valence-electron chi connectivity index (χ0n) is 45.5. The zero-order valence-corrected chi connectivity index (χ0v) is 45.5. The minimum Gasteiger partial charge on any atom is -0.462 e. The summed E-state index contributed by atoms with van der Waals surface area (Å²) in [5.41, 5.74) is 0. The summed E-state index contributed by atoms with van der Waals surface area (Å²) in [5, 5.41) is 0. The molecule has 0 rings (SSSR count). The second-order valence-corrected chi connectivity index (χ2v) is 20.6. The Bertz CT molecular complexity index is 1040. The SMILES string of the molecule is CCCCCCCCCC/C=C\CCCCCCCCCCCCCC(=O)OCC(COC(=O)CCCCCCCCCCCCC)OC(=O)CCCCCCCCCCCCCCCCC. The number of ether oxygens (including phenoxy) is 3. The largest absolute Gasteiger partial charge is 0.462 e. The lowest BCUT2D eigenvalue weighted by molar-refractivity contribution is -0.167. The van der Waals surface area contributed by atoms with Crippen molar-refractivity contribution in [1.82, 2.24) is 0 Å². The van der Waals surface area contributed by atoms with Crippen molar-refractivity contribution in [1.29, 1.82) is 0 Å². The van der Waals surface area contributed by atoms with Gasteiger partial charge in [0, 0.05) is 19.3 Å². The van der Waals surface area contributed by atoms with E-state index in [2.05, 4.69) is 32.9 Å². The third kappa shape index (κ3) is 55.0. The quantitative estimate of drug-likeness (QED) is 0.0262. The van der Waals surface area contributed by atoms with Gasteiger partial charge in [0.1, 0.15) is 13.2 Å². The Kier molecular flexibility index (Phi) is 55.2. The number of allylic oxidation sites excluding steroid dienone is 2. The molecule has 0 aliphatic carbocycles. The highest BCUT2D eigenvalue weighted by Crippen LogP contribution is 2.17. The van der Waals surface area contributed by atoms with E-state index >= 15 is 0 Å². The molecule has 0 fully saturated rings. The summed E-state index contributed by atoms with van der Waals surface area (Å²) in [5.74, 6) is -0.840. The van der Waals surface area contributed by atoms with Crippen LogP contribution in [0.25, 0.3) is 0 Å². The van der Waals surface area contributed by atoms with E-state index in [0.717, 1.165) is 57.8 Å². The lowest BCUT2D eigenvalue weighted by Crippen LogP contribution is -2.30. The van der Waals surface area contributed by atoms with Gasteiger partial charge < -0.3 is 14.2 Å². The molecule has 6 nitrogen and oxygen atoms in total. The number of unbranched alkanes of at least 4 members (excludes halogenated alkanes) is 43. The molecule has 1 atom stereocenters. The van der Waals surface area contributed by atoms with Gasteiger partial charge in [0.15, 0.2) is 6.10 Å². The van der Waals surface area contributed by atoms with E-state index in [0.29, 0.717) is 19.3 Å². The molecule has 0 aromatic heterocycles. The smallest absolute Gasteiger partial charge is 0.306 e. The standard InChI is InChI=1S/C61H116O6/c1-4-7-10-13-16-19-22-24-26-27-28-29-30-31-32-33-35-36-39-42-45-48-51-54-60(63)66-57-58(56-65-59(62)53-50-47-44-41-38-21-18-15-12-9-6-3)67-61(64)55-52-49-46-43-40-37-34-25-23-20-17-14-11-8-5-2/h27-28,58H,4-26,29-57H2,1-3H3/b28-27-. The van der Waals surface area contributed by atoms with E-state index in [-0.39, 0.29) is 31.1 Å². The number of esters is 3. The summed E-state index contributed by atoms with van der Waals surface area (Å²) < 4.78 is 16.9. The zero-order chi connectivity index (χ0) is 48.6. The lowest BCUT2D eigenvalue weighted by atomic mass is 10.0. The van der Waals surface area contributed by atoms with E-state index < -0.39 is 6.10 Å². The predicted octanol–water partition coefficient (Wildman–Crippen LogP) is 20.1. The van der Waals surface area contributed by atoms with Crippen LogP contribution in [0.15, 0.2) is 12.2 Å². The first-order valence-corrected chi connectivity index (χ1v) is 30.2. The Morgan fingerprint density at radius 1 is 0.284 bits per heavy atom. The number of hydrogen-bond donors (Lipinski definition) is 0. The minimum atomic E-state index is -0.764. The maximum absolute atomic E-state index is 12.8. The average Bonchev–Trinajstić information content (AvgIpc) is 3.33. The van der Waals surface area contributed by atoms with Crippen molar-refractivity contribution >= 4 is 17.9 Å². The van der Waals surface area contributed by atoms with Gasteiger partial charge >= 0.3 is 17.9 Å². The monoisotopic (exact) mass is 945 g/mol. The summed E-state index contributed by atoms with van der Waals surface area (Å²) in [4.78, 5) is 38.1. The van der Waals surface area contributed by atoms with Gasteiger partial charge in [-0.3, -0.25) is 14.4 Å². The van der Waals surface area contributed by atoms with Gasteiger partial charge in [0.2, 0.25) is 0 Å². The molecule has 6 heteroatoms.